The molecule has 5 heteroatoms. The Morgan fingerprint density at radius 2 is 1.72 bits per heavy atom. The third-order valence-electron chi connectivity index (χ3n) is 4.50. The molecule has 0 saturated carbocycles. The number of benzene rings is 3. The molecular weight excluding hydrogens is 369 g/mol. The summed E-state index contributed by atoms with van der Waals surface area (Å²) in [5.74, 6) is 0.248. The molecule has 1 heterocycles. The average Bonchev–Trinajstić information content (AvgIpc) is 3.09. The van der Waals surface area contributed by atoms with E-state index < -0.39 is 5.97 Å². The molecule has 0 radical (unpaired) electrons. The molecule has 3 aromatic rings. The van der Waals surface area contributed by atoms with Gasteiger partial charge in [-0.2, -0.15) is 0 Å². The second-order valence-corrected chi connectivity index (χ2v) is 6.64. The van der Waals surface area contributed by atoms with Crippen LogP contribution in [-0.4, -0.2) is 11.9 Å². The Bertz CT molecular complexity index is 1100. The highest BCUT2D eigenvalue weighted by Gasteiger charge is 2.24. The van der Waals surface area contributed by atoms with Gasteiger partial charge in [0.25, 0.3) is 0 Å². The molecule has 0 aliphatic carbocycles. The lowest BCUT2D eigenvalue weighted by molar-refractivity contribution is -0.129. The van der Waals surface area contributed by atoms with Gasteiger partial charge in [0.1, 0.15) is 18.2 Å². The van der Waals surface area contributed by atoms with Gasteiger partial charge in [0, 0.05) is 5.56 Å². The van der Waals surface area contributed by atoms with Crippen LogP contribution in [-0.2, 0) is 16.1 Å². The fourth-order valence-electron chi connectivity index (χ4n) is 2.90. The maximum atomic E-state index is 12.9. The number of cyclic esters (lactones) is 1. The number of esters is 1. The van der Waals surface area contributed by atoms with Crippen LogP contribution in [0.1, 0.15) is 22.3 Å². The Morgan fingerprint density at radius 3 is 2.45 bits per heavy atom. The van der Waals surface area contributed by atoms with Crippen LogP contribution < -0.4 is 4.74 Å². The summed E-state index contributed by atoms with van der Waals surface area (Å²) in [6, 6.07) is 21.1. The summed E-state index contributed by atoms with van der Waals surface area (Å²) >= 11 is 0. The van der Waals surface area contributed by atoms with Gasteiger partial charge >= 0.3 is 5.97 Å². The van der Waals surface area contributed by atoms with Crippen molar-refractivity contribution in [2.45, 2.75) is 13.5 Å². The summed E-state index contributed by atoms with van der Waals surface area (Å²) in [6.07, 6.45) is 1.68. The average molecular weight is 387 g/mol. The number of aryl methyl sites for hydroxylation is 1. The Balaban J connectivity index is 1.46. The lowest BCUT2D eigenvalue weighted by atomic mass is 10.1. The Hall–Kier alpha value is -3.73. The zero-order valence-electron chi connectivity index (χ0n) is 15.8. The van der Waals surface area contributed by atoms with Crippen LogP contribution >= 0.6 is 0 Å². The minimum atomic E-state index is -0.472. The minimum Gasteiger partial charge on any atom is -0.489 e. The van der Waals surface area contributed by atoms with E-state index in [0.29, 0.717) is 18.3 Å². The van der Waals surface area contributed by atoms with Gasteiger partial charge in [0.15, 0.2) is 5.70 Å². The molecule has 1 aliphatic rings. The topological polar surface area (TPSA) is 47.9 Å². The van der Waals surface area contributed by atoms with Crippen LogP contribution in [0, 0.1) is 12.7 Å². The number of rotatable bonds is 5. The number of halogens is 1. The number of hydrogen-bond acceptors (Lipinski definition) is 4. The lowest BCUT2D eigenvalue weighted by Crippen LogP contribution is -2.06. The number of hydrogen-bond donors (Lipinski definition) is 0. The molecular formula is C24H18FNO3. The van der Waals surface area contributed by atoms with Crippen molar-refractivity contribution < 1.29 is 18.7 Å². The van der Waals surface area contributed by atoms with E-state index in [1.165, 1.54) is 12.1 Å². The first-order valence-corrected chi connectivity index (χ1v) is 9.14. The van der Waals surface area contributed by atoms with Gasteiger partial charge in [0.05, 0.1) is 0 Å². The van der Waals surface area contributed by atoms with E-state index in [1.54, 1.807) is 18.2 Å². The standard InChI is InChI=1S/C24H18FNO3/c1-16-4-2-3-5-21(16)23-26-22(24(27)29-23)14-17-8-12-20(13-9-17)28-15-18-6-10-19(25)11-7-18/h2-14H,15H2,1H3/b22-14+. The molecule has 29 heavy (non-hydrogen) atoms. The molecule has 0 saturated heterocycles. The van der Waals surface area contributed by atoms with E-state index in [9.17, 15) is 9.18 Å². The van der Waals surface area contributed by atoms with Crippen molar-refractivity contribution in [2.24, 2.45) is 4.99 Å². The van der Waals surface area contributed by atoms with E-state index >= 15 is 0 Å². The first kappa shape index (κ1) is 18.6. The van der Waals surface area contributed by atoms with Gasteiger partial charge in [-0.25, -0.2) is 14.2 Å². The normalized spacial score (nSPS) is 14.6. The number of nitrogens with zero attached hydrogens (tertiary/aromatic N) is 1. The van der Waals surface area contributed by atoms with Gasteiger partial charge < -0.3 is 9.47 Å². The van der Waals surface area contributed by atoms with Crippen molar-refractivity contribution >= 4 is 17.9 Å². The molecule has 0 N–H and O–H groups in total. The quantitative estimate of drug-likeness (QED) is 0.454. The van der Waals surface area contributed by atoms with Crippen molar-refractivity contribution in [1.82, 2.24) is 0 Å². The zero-order chi connectivity index (χ0) is 20.2. The van der Waals surface area contributed by atoms with E-state index in [2.05, 4.69) is 4.99 Å². The number of aliphatic imine (C=N–C) groups is 1. The van der Waals surface area contributed by atoms with Crippen LogP contribution in [0.5, 0.6) is 5.75 Å². The van der Waals surface area contributed by atoms with Crippen LogP contribution in [0.4, 0.5) is 4.39 Å². The molecule has 1 aliphatic heterocycles. The molecule has 0 bridgehead atoms. The highest BCUT2D eigenvalue weighted by Crippen LogP contribution is 2.22. The van der Waals surface area contributed by atoms with Gasteiger partial charge in [-0.3, -0.25) is 0 Å². The zero-order valence-corrected chi connectivity index (χ0v) is 15.8. The number of carbonyl (C=O) groups excluding carboxylic acids is 1. The summed E-state index contributed by atoms with van der Waals surface area (Å²) < 4.78 is 24.0. The van der Waals surface area contributed by atoms with Gasteiger partial charge in [-0.1, -0.05) is 42.5 Å². The fourth-order valence-corrected chi connectivity index (χ4v) is 2.90. The molecule has 4 nitrogen and oxygen atoms in total. The predicted octanol–water partition coefficient (Wildman–Crippen LogP) is 5.06. The van der Waals surface area contributed by atoms with Gasteiger partial charge in [0.2, 0.25) is 5.90 Å². The molecule has 0 fully saturated rings. The molecule has 0 atom stereocenters. The molecule has 4 rings (SSSR count). The third kappa shape index (κ3) is 4.41. The van der Waals surface area contributed by atoms with E-state index in [1.807, 2.05) is 55.5 Å². The summed E-state index contributed by atoms with van der Waals surface area (Å²) in [4.78, 5) is 16.5. The molecule has 0 amide bonds. The van der Waals surface area contributed by atoms with E-state index in [0.717, 1.165) is 22.3 Å². The Morgan fingerprint density at radius 1 is 1.00 bits per heavy atom. The first-order valence-electron chi connectivity index (χ1n) is 9.14. The molecule has 3 aromatic carbocycles. The second kappa shape index (κ2) is 8.10. The van der Waals surface area contributed by atoms with Crippen molar-refractivity contribution in [1.29, 1.82) is 0 Å². The van der Waals surface area contributed by atoms with Gasteiger partial charge in [-0.15, -0.1) is 0 Å². The van der Waals surface area contributed by atoms with Crippen molar-refractivity contribution in [3.8, 4) is 5.75 Å². The maximum Gasteiger partial charge on any atom is 0.363 e. The predicted molar refractivity (Wildman–Crippen MR) is 109 cm³/mol. The lowest BCUT2D eigenvalue weighted by Gasteiger charge is -2.06. The SMILES string of the molecule is Cc1ccccc1C1=N/C(=C/c2ccc(OCc3ccc(F)cc3)cc2)C(=O)O1. The van der Waals surface area contributed by atoms with Crippen LogP contribution in [0.3, 0.4) is 0 Å². The summed E-state index contributed by atoms with van der Waals surface area (Å²) in [6.45, 7) is 2.29. The van der Waals surface area contributed by atoms with Gasteiger partial charge in [-0.05, 0) is 60.0 Å². The second-order valence-electron chi connectivity index (χ2n) is 6.64. The first-order chi connectivity index (χ1) is 14.1. The summed E-state index contributed by atoms with van der Waals surface area (Å²) in [7, 11) is 0. The van der Waals surface area contributed by atoms with Crippen LogP contribution in [0.25, 0.3) is 6.08 Å². The van der Waals surface area contributed by atoms with Crippen LogP contribution in [0.2, 0.25) is 0 Å². The maximum absolute atomic E-state index is 12.9. The summed E-state index contributed by atoms with van der Waals surface area (Å²) in [5, 5.41) is 0. The molecule has 0 spiro atoms. The minimum absolute atomic E-state index is 0.253. The molecule has 144 valence electrons. The molecule has 0 unspecified atom stereocenters. The Labute approximate surface area is 167 Å². The largest absolute Gasteiger partial charge is 0.489 e. The molecule has 0 aromatic heterocycles. The number of carbonyl (C=O) groups is 1. The third-order valence-corrected chi connectivity index (χ3v) is 4.50. The summed E-state index contributed by atoms with van der Waals surface area (Å²) in [5.41, 5.74) is 3.73. The van der Waals surface area contributed by atoms with Crippen molar-refractivity contribution in [2.75, 3.05) is 0 Å². The van der Waals surface area contributed by atoms with Crippen LogP contribution in [0.15, 0.2) is 83.5 Å². The van der Waals surface area contributed by atoms with E-state index in [-0.39, 0.29) is 11.5 Å². The smallest absolute Gasteiger partial charge is 0.363 e. The highest BCUT2D eigenvalue weighted by atomic mass is 19.1. The van der Waals surface area contributed by atoms with Crippen molar-refractivity contribution in [3.05, 3.63) is 107 Å². The highest BCUT2D eigenvalue weighted by molar-refractivity contribution is 6.13. The number of ether oxygens (including phenoxy) is 2. The fraction of sp³-hybridized carbons (Fsp3) is 0.0833. The van der Waals surface area contributed by atoms with Crippen molar-refractivity contribution in [3.63, 3.8) is 0 Å². The van der Waals surface area contributed by atoms with E-state index in [4.69, 9.17) is 9.47 Å². The monoisotopic (exact) mass is 387 g/mol. The Kier molecular flexibility index (Phi) is 5.20.